The maximum absolute atomic E-state index is 12.8. The van der Waals surface area contributed by atoms with Gasteiger partial charge in [0.15, 0.2) is 0 Å². The summed E-state index contributed by atoms with van der Waals surface area (Å²) in [5, 5.41) is 3.39. The molecular weight excluding hydrogens is 262 g/mol. The first-order valence-electron chi connectivity index (χ1n) is 8.46. The van der Waals surface area contributed by atoms with E-state index in [9.17, 15) is 4.79 Å². The molecule has 116 valence electrons. The van der Waals surface area contributed by atoms with E-state index in [4.69, 9.17) is 0 Å². The van der Waals surface area contributed by atoms with Crippen molar-refractivity contribution in [3.63, 3.8) is 0 Å². The summed E-state index contributed by atoms with van der Waals surface area (Å²) in [5.74, 6) is 1.04. The Labute approximate surface area is 127 Å². The molecule has 1 N–H and O–H groups in total. The number of likely N-dealkylation sites (tertiary alicyclic amines) is 1. The largest absolute Gasteiger partial charge is 0.340 e. The molecule has 1 aromatic heterocycles. The second-order valence-electron chi connectivity index (χ2n) is 6.43. The van der Waals surface area contributed by atoms with Crippen molar-refractivity contribution in [3.05, 3.63) is 24.0 Å². The first-order valence-corrected chi connectivity index (χ1v) is 8.46. The third kappa shape index (κ3) is 3.15. The fraction of sp³-hybridized carbons (Fsp3) is 0.706. The van der Waals surface area contributed by atoms with Crippen LogP contribution in [0.15, 0.2) is 18.3 Å². The third-order valence-corrected chi connectivity index (χ3v) is 5.18. The first-order chi connectivity index (χ1) is 10.3. The van der Waals surface area contributed by atoms with Crippen LogP contribution in [-0.2, 0) is 0 Å². The lowest BCUT2D eigenvalue weighted by Crippen LogP contribution is -2.40. The van der Waals surface area contributed by atoms with Crippen molar-refractivity contribution in [2.24, 2.45) is 5.92 Å². The maximum atomic E-state index is 12.8. The molecule has 2 aliphatic rings. The molecule has 1 aromatic rings. The minimum absolute atomic E-state index is 0.230. The van der Waals surface area contributed by atoms with Gasteiger partial charge >= 0.3 is 0 Å². The van der Waals surface area contributed by atoms with Gasteiger partial charge in [0.05, 0.1) is 0 Å². The van der Waals surface area contributed by atoms with Crippen LogP contribution >= 0.6 is 0 Å². The lowest BCUT2D eigenvalue weighted by Gasteiger charge is -2.33. The minimum Gasteiger partial charge on any atom is -0.340 e. The quantitative estimate of drug-likeness (QED) is 0.929. The summed E-state index contributed by atoms with van der Waals surface area (Å²) >= 11 is 0. The average Bonchev–Trinajstić information content (AvgIpc) is 3.04. The van der Waals surface area contributed by atoms with E-state index in [1.54, 1.807) is 0 Å². The zero-order valence-electron chi connectivity index (χ0n) is 13.1. The van der Waals surface area contributed by atoms with Crippen LogP contribution in [0.5, 0.6) is 0 Å². The van der Waals surface area contributed by atoms with Gasteiger partial charge in [-0.3, -0.25) is 4.79 Å². The van der Waals surface area contributed by atoms with E-state index >= 15 is 0 Å². The lowest BCUT2D eigenvalue weighted by molar-refractivity contribution is 0.0674. The van der Waals surface area contributed by atoms with Gasteiger partial charge in [0.1, 0.15) is 5.69 Å². The summed E-state index contributed by atoms with van der Waals surface area (Å²) in [7, 11) is 0. The highest BCUT2D eigenvalue weighted by atomic mass is 16.2. The van der Waals surface area contributed by atoms with E-state index in [0.29, 0.717) is 6.04 Å². The summed E-state index contributed by atoms with van der Waals surface area (Å²) in [4.78, 5) is 14.9. The molecule has 2 saturated heterocycles. The molecule has 4 nitrogen and oxygen atoms in total. The third-order valence-electron chi connectivity index (χ3n) is 5.18. The van der Waals surface area contributed by atoms with Crippen LogP contribution in [0.2, 0.25) is 0 Å². The molecule has 0 saturated carbocycles. The molecule has 21 heavy (non-hydrogen) atoms. The van der Waals surface area contributed by atoms with E-state index in [-0.39, 0.29) is 5.91 Å². The second kappa shape index (κ2) is 6.65. The number of carbonyl (C=O) groups is 1. The zero-order valence-corrected chi connectivity index (χ0v) is 13.1. The second-order valence-corrected chi connectivity index (χ2v) is 6.43. The standard InChI is InChI=1S/C17H27N3O/c1-2-14-7-12-19(13-8-14)17(21)16-4-3-11-20(16)15-5-9-18-10-6-15/h3-4,11,14-15,18H,2,5-10,12-13H2,1H3. The monoisotopic (exact) mass is 289 g/mol. The van der Waals surface area contributed by atoms with Crippen molar-refractivity contribution in [2.45, 2.75) is 45.1 Å². The number of carbonyl (C=O) groups excluding carboxylic acids is 1. The van der Waals surface area contributed by atoms with Gasteiger partial charge in [0.2, 0.25) is 0 Å². The van der Waals surface area contributed by atoms with Crippen molar-refractivity contribution in [1.29, 1.82) is 0 Å². The Morgan fingerprint density at radius 1 is 1.24 bits per heavy atom. The number of hydrogen-bond donors (Lipinski definition) is 1. The lowest BCUT2D eigenvalue weighted by atomic mass is 9.94. The number of aromatic nitrogens is 1. The Balaban J connectivity index is 1.69. The van der Waals surface area contributed by atoms with Crippen molar-refractivity contribution in [2.75, 3.05) is 26.2 Å². The predicted octanol–water partition coefficient (Wildman–Crippen LogP) is 2.67. The molecule has 1 amide bonds. The molecule has 0 aromatic carbocycles. The molecule has 3 rings (SSSR count). The van der Waals surface area contributed by atoms with Gasteiger partial charge in [-0.1, -0.05) is 13.3 Å². The normalized spacial score (nSPS) is 21.7. The van der Waals surface area contributed by atoms with Crippen LogP contribution in [0.1, 0.15) is 55.6 Å². The van der Waals surface area contributed by atoms with Crippen LogP contribution < -0.4 is 5.32 Å². The number of nitrogens with zero attached hydrogens (tertiary/aromatic N) is 2. The van der Waals surface area contributed by atoms with Crippen LogP contribution in [0.3, 0.4) is 0 Å². The Morgan fingerprint density at radius 2 is 1.95 bits per heavy atom. The van der Waals surface area contributed by atoms with Crippen LogP contribution in [0, 0.1) is 5.92 Å². The van der Waals surface area contributed by atoms with Crippen molar-refractivity contribution in [1.82, 2.24) is 14.8 Å². The van der Waals surface area contributed by atoms with Gasteiger partial charge in [-0.25, -0.2) is 0 Å². The van der Waals surface area contributed by atoms with Crippen molar-refractivity contribution < 1.29 is 4.79 Å². The zero-order chi connectivity index (χ0) is 14.7. The molecule has 0 unspecified atom stereocenters. The summed E-state index contributed by atoms with van der Waals surface area (Å²) < 4.78 is 2.22. The topological polar surface area (TPSA) is 37.3 Å². The number of rotatable bonds is 3. The van der Waals surface area contributed by atoms with E-state index in [2.05, 4.69) is 27.9 Å². The van der Waals surface area contributed by atoms with E-state index in [1.807, 2.05) is 12.1 Å². The molecule has 4 heteroatoms. The molecule has 0 bridgehead atoms. The Hall–Kier alpha value is -1.29. The summed E-state index contributed by atoms with van der Waals surface area (Å²) in [5.41, 5.74) is 0.886. The van der Waals surface area contributed by atoms with Crippen LogP contribution in [0.25, 0.3) is 0 Å². The summed E-state index contributed by atoms with van der Waals surface area (Å²) in [6, 6.07) is 4.50. The first kappa shape index (κ1) is 14.6. The fourth-order valence-corrected chi connectivity index (χ4v) is 3.68. The Kier molecular flexibility index (Phi) is 4.63. The molecule has 0 spiro atoms. The van der Waals surface area contributed by atoms with E-state index in [0.717, 1.165) is 63.5 Å². The number of nitrogens with one attached hydrogen (secondary N) is 1. The van der Waals surface area contributed by atoms with Crippen molar-refractivity contribution >= 4 is 5.91 Å². The van der Waals surface area contributed by atoms with Crippen LogP contribution in [-0.4, -0.2) is 41.6 Å². The van der Waals surface area contributed by atoms with Gasteiger partial charge < -0.3 is 14.8 Å². The molecule has 0 radical (unpaired) electrons. The summed E-state index contributed by atoms with van der Waals surface area (Å²) in [6.45, 7) is 6.21. The molecule has 0 atom stereocenters. The summed E-state index contributed by atoms with van der Waals surface area (Å²) in [6.07, 6.45) is 7.89. The van der Waals surface area contributed by atoms with E-state index in [1.165, 1.54) is 6.42 Å². The molecule has 0 aliphatic carbocycles. The number of piperidine rings is 2. The van der Waals surface area contributed by atoms with Gasteiger partial charge in [-0.2, -0.15) is 0 Å². The maximum Gasteiger partial charge on any atom is 0.270 e. The number of amides is 1. The van der Waals surface area contributed by atoms with E-state index < -0.39 is 0 Å². The minimum atomic E-state index is 0.230. The SMILES string of the molecule is CCC1CCN(C(=O)c2cccn2C2CCNCC2)CC1. The smallest absolute Gasteiger partial charge is 0.270 e. The van der Waals surface area contributed by atoms with Gasteiger partial charge in [-0.15, -0.1) is 0 Å². The van der Waals surface area contributed by atoms with Gasteiger partial charge in [-0.05, 0) is 56.8 Å². The molecular formula is C17H27N3O. The van der Waals surface area contributed by atoms with Crippen molar-refractivity contribution in [3.8, 4) is 0 Å². The Morgan fingerprint density at radius 3 is 2.62 bits per heavy atom. The molecule has 2 aliphatic heterocycles. The molecule has 2 fully saturated rings. The number of hydrogen-bond acceptors (Lipinski definition) is 2. The van der Waals surface area contributed by atoms with Gasteiger partial charge in [0, 0.05) is 25.3 Å². The fourth-order valence-electron chi connectivity index (χ4n) is 3.68. The van der Waals surface area contributed by atoms with Gasteiger partial charge in [0.25, 0.3) is 5.91 Å². The Bertz CT molecular complexity index is 468. The average molecular weight is 289 g/mol. The highest BCUT2D eigenvalue weighted by molar-refractivity contribution is 5.92. The highest BCUT2D eigenvalue weighted by Crippen LogP contribution is 2.25. The predicted molar refractivity (Wildman–Crippen MR) is 84.5 cm³/mol. The van der Waals surface area contributed by atoms with Crippen LogP contribution in [0.4, 0.5) is 0 Å². The highest BCUT2D eigenvalue weighted by Gasteiger charge is 2.26. The molecule has 3 heterocycles.